The van der Waals surface area contributed by atoms with E-state index in [0.717, 1.165) is 25.8 Å². The van der Waals surface area contributed by atoms with Crippen molar-refractivity contribution in [2.24, 2.45) is 0 Å². The molecule has 2 rings (SSSR count). The van der Waals surface area contributed by atoms with Gasteiger partial charge in [-0.25, -0.2) is 4.79 Å². The van der Waals surface area contributed by atoms with Gasteiger partial charge in [-0.1, -0.05) is 12.1 Å². The molecule has 4 nitrogen and oxygen atoms in total. The summed E-state index contributed by atoms with van der Waals surface area (Å²) in [5.74, 6) is 0.787. The lowest BCUT2D eigenvalue weighted by Gasteiger charge is -2.20. The normalized spacial score (nSPS) is 11.3. The van der Waals surface area contributed by atoms with Gasteiger partial charge in [-0.2, -0.15) is 0 Å². The number of fused-ring (bicyclic) bond motifs is 1. The highest BCUT2D eigenvalue weighted by atomic mass is 127. The lowest BCUT2D eigenvalue weighted by Crippen LogP contribution is -2.27. The molecule has 0 saturated heterocycles. The summed E-state index contributed by atoms with van der Waals surface area (Å²) in [6.07, 6.45) is -0.456. The van der Waals surface area contributed by atoms with Gasteiger partial charge in [-0.15, -0.1) is 0 Å². The molecule has 0 aliphatic carbocycles. The second kappa shape index (κ2) is 6.09. The van der Waals surface area contributed by atoms with Crippen molar-refractivity contribution in [3.05, 3.63) is 33.9 Å². The first kappa shape index (κ1) is 15.9. The molecule has 0 unspecified atom stereocenters. The number of halogens is 1. The highest BCUT2D eigenvalue weighted by molar-refractivity contribution is 14.1. The van der Waals surface area contributed by atoms with Crippen molar-refractivity contribution in [3.63, 3.8) is 0 Å². The van der Waals surface area contributed by atoms with Crippen molar-refractivity contribution in [2.45, 2.75) is 26.4 Å². The number of carbonyl (C=O) groups excluding carboxylic acids is 1. The standard InChI is InChI=1S/C16H18INO3/c1-16(2,3)21-15(19)18-13-8-6-10-5-7-11(20-4)9-12(10)14(13)17/h5-9H,1-4H3,(H,18,19). The molecule has 112 valence electrons. The van der Waals surface area contributed by atoms with E-state index in [-0.39, 0.29) is 0 Å². The average molecular weight is 399 g/mol. The average Bonchev–Trinajstić information content (AvgIpc) is 2.39. The number of ether oxygens (including phenoxy) is 2. The molecule has 1 amide bonds. The van der Waals surface area contributed by atoms with Gasteiger partial charge in [0.15, 0.2) is 0 Å². The van der Waals surface area contributed by atoms with Crippen LogP contribution >= 0.6 is 22.6 Å². The summed E-state index contributed by atoms with van der Waals surface area (Å²) in [6.45, 7) is 5.51. The number of nitrogens with one attached hydrogen (secondary N) is 1. The maximum Gasteiger partial charge on any atom is 0.412 e. The van der Waals surface area contributed by atoms with Crippen LogP contribution in [0.2, 0.25) is 0 Å². The summed E-state index contributed by atoms with van der Waals surface area (Å²) in [7, 11) is 1.64. The highest BCUT2D eigenvalue weighted by Crippen LogP contribution is 2.30. The molecule has 2 aromatic rings. The molecule has 0 aliphatic rings. The topological polar surface area (TPSA) is 47.6 Å². The Bertz CT molecular complexity index is 677. The van der Waals surface area contributed by atoms with Crippen molar-refractivity contribution in [3.8, 4) is 5.75 Å². The number of hydrogen-bond acceptors (Lipinski definition) is 3. The monoisotopic (exact) mass is 399 g/mol. The van der Waals surface area contributed by atoms with Gasteiger partial charge in [-0.05, 0) is 66.9 Å². The van der Waals surface area contributed by atoms with Crippen LogP contribution in [0.4, 0.5) is 10.5 Å². The molecular weight excluding hydrogens is 381 g/mol. The van der Waals surface area contributed by atoms with E-state index >= 15 is 0 Å². The predicted molar refractivity (Wildman–Crippen MR) is 93.1 cm³/mol. The third kappa shape index (κ3) is 4.00. The quantitative estimate of drug-likeness (QED) is 0.739. The molecule has 0 spiro atoms. The molecule has 0 atom stereocenters. The van der Waals surface area contributed by atoms with E-state index < -0.39 is 11.7 Å². The molecule has 0 radical (unpaired) electrons. The Morgan fingerprint density at radius 2 is 1.86 bits per heavy atom. The van der Waals surface area contributed by atoms with E-state index in [4.69, 9.17) is 9.47 Å². The van der Waals surface area contributed by atoms with E-state index in [0.29, 0.717) is 0 Å². The summed E-state index contributed by atoms with van der Waals surface area (Å²) < 4.78 is 11.5. The van der Waals surface area contributed by atoms with Gasteiger partial charge < -0.3 is 9.47 Å². The van der Waals surface area contributed by atoms with Crippen LogP contribution in [0.25, 0.3) is 10.8 Å². The Hall–Kier alpha value is -1.50. The zero-order chi connectivity index (χ0) is 15.6. The van der Waals surface area contributed by atoms with Gasteiger partial charge in [0, 0.05) is 8.96 Å². The van der Waals surface area contributed by atoms with Gasteiger partial charge in [0.25, 0.3) is 0 Å². The fourth-order valence-corrected chi connectivity index (χ4v) is 2.68. The SMILES string of the molecule is COc1ccc2ccc(NC(=O)OC(C)(C)C)c(I)c2c1. The van der Waals surface area contributed by atoms with Gasteiger partial charge in [0.05, 0.1) is 12.8 Å². The second-order valence-electron chi connectivity index (χ2n) is 5.64. The largest absolute Gasteiger partial charge is 0.497 e. The molecular formula is C16H18INO3. The maximum atomic E-state index is 11.9. The molecule has 0 heterocycles. The molecule has 0 saturated carbocycles. The lowest BCUT2D eigenvalue weighted by molar-refractivity contribution is 0.0636. The van der Waals surface area contributed by atoms with Crippen LogP contribution in [-0.4, -0.2) is 18.8 Å². The molecule has 5 heteroatoms. The fraction of sp³-hybridized carbons (Fsp3) is 0.312. The Kier molecular flexibility index (Phi) is 4.61. The minimum atomic E-state index is -0.518. The molecule has 1 N–H and O–H groups in total. The lowest BCUT2D eigenvalue weighted by atomic mass is 10.1. The van der Waals surface area contributed by atoms with Crippen LogP contribution in [0.15, 0.2) is 30.3 Å². The Labute approximate surface area is 138 Å². The summed E-state index contributed by atoms with van der Waals surface area (Å²) in [4.78, 5) is 11.9. The molecule has 0 bridgehead atoms. The van der Waals surface area contributed by atoms with Crippen molar-refractivity contribution >= 4 is 45.1 Å². The first-order valence-corrected chi connectivity index (χ1v) is 7.64. The third-order valence-corrected chi connectivity index (χ3v) is 3.96. The van der Waals surface area contributed by atoms with E-state index in [1.165, 1.54) is 0 Å². The minimum Gasteiger partial charge on any atom is -0.497 e. The van der Waals surface area contributed by atoms with Gasteiger partial charge in [0.2, 0.25) is 0 Å². The summed E-state index contributed by atoms with van der Waals surface area (Å²) in [5.41, 5.74) is 0.209. The zero-order valence-corrected chi connectivity index (χ0v) is 14.6. The van der Waals surface area contributed by atoms with Gasteiger partial charge in [0.1, 0.15) is 11.4 Å². The number of rotatable bonds is 2. The van der Waals surface area contributed by atoms with Crippen molar-refractivity contribution in [2.75, 3.05) is 12.4 Å². The van der Waals surface area contributed by atoms with Crippen LogP contribution in [-0.2, 0) is 4.74 Å². The fourth-order valence-electron chi connectivity index (χ4n) is 1.90. The van der Waals surface area contributed by atoms with Crippen molar-refractivity contribution in [1.82, 2.24) is 0 Å². The van der Waals surface area contributed by atoms with Crippen LogP contribution in [0.3, 0.4) is 0 Å². The van der Waals surface area contributed by atoms with Crippen molar-refractivity contribution in [1.29, 1.82) is 0 Å². The first-order chi connectivity index (χ1) is 9.80. The van der Waals surface area contributed by atoms with Crippen LogP contribution in [0, 0.1) is 3.57 Å². The second-order valence-corrected chi connectivity index (χ2v) is 6.72. The Morgan fingerprint density at radius 3 is 2.48 bits per heavy atom. The molecule has 2 aromatic carbocycles. The van der Waals surface area contributed by atoms with E-state index in [1.807, 2.05) is 51.1 Å². The van der Waals surface area contributed by atoms with Gasteiger partial charge >= 0.3 is 6.09 Å². The predicted octanol–water partition coefficient (Wildman–Crippen LogP) is 4.80. The molecule has 0 aliphatic heterocycles. The highest BCUT2D eigenvalue weighted by Gasteiger charge is 2.17. The van der Waals surface area contributed by atoms with Crippen LogP contribution in [0.1, 0.15) is 20.8 Å². The Balaban J connectivity index is 2.33. The summed E-state index contributed by atoms with van der Waals surface area (Å²) in [5, 5.41) is 4.91. The number of benzene rings is 2. The number of carbonyl (C=O) groups is 1. The van der Waals surface area contributed by atoms with Gasteiger partial charge in [-0.3, -0.25) is 5.32 Å². The number of amides is 1. The minimum absolute atomic E-state index is 0.456. The Morgan fingerprint density at radius 1 is 1.19 bits per heavy atom. The number of hydrogen-bond donors (Lipinski definition) is 1. The summed E-state index contributed by atoms with van der Waals surface area (Å²) in [6, 6.07) is 9.70. The van der Waals surface area contributed by atoms with E-state index in [9.17, 15) is 4.79 Å². The molecule has 0 aromatic heterocycles. The van der Waals surface area contributed by atoms with Crippen LogP contribution < -0.4 is 10.1 Å². The van der Waals surface area contributed by atoms with Crippen LogP contribution in [0.5, 0.6) is 5.75 Å². The van der Waals surface area contributed by atoms with Crippen molar-refractivity contribution < 1.29 is 14.3 Å². The maximum absolute atomic E-state index is 11.9. The third-order valence-electron chi connectivity index (χ3n) is 2.80. The zero-order valence-electron chi connectivity index (χ0n) is 12.5. The molecule has 0 fully saturated rings. The first-order valence-electron chi connectivity index (χ1n) is 6.56. The van der Waals surface area contributed by atoms with E-state index in [1.54, 1.807) is 7.11 Å². The smallest absolute Gasteiger partial charge is 0.412 e. The molecule has 21 heavy (non-hydrogen) atoms. The number of methoxy groups -OCH3 is 1. The summed E-state index contributed by atoms with van der Waals surface area (Å²) >= 11 is 2.22. The number of anilines is 1. The van der Waals surface area contributed by atoms with E-state index in [2.05, 4.69) is 27.9 Å².